The number of aliphatic carboxylic acids is 1. The molecule has 1 N–H and O–H groups in total. The van der Waals surface area contributed by atoms with E-state index in [0.717, 1.165) is 19.3 Å². The maximum atomic E-state index is 14.7. The molecule has 0 saturated heterocycles. The van der Waals surface area contributed by atoms with Crippen molar-refractivity contribution >= 4 is 33.2 Å². The fourth-order valence-corrected chi connectivity index (χ4v) is 5.16. The van der Waals surface area contributed by atoms with Crippen LogP contribution in [0.2, 0.25) is 0 Å². The summed E-state index contributed by atoms with van der Waals surface area (Å²) in [5, 5.41) is 9.11. The number of carboxylic acid groups (broad SMARTS) is 1. The van der Waals surface area contributed by atoms with Crippen LogP contribution in [-0.2, 0) is 10.7 Å². The van der Waals surface area contributed by atoms with Crippen molar-refractivity contribution in [2.24, 2.45) is 5.41 Å². The summed E-state index contributed by atoms with van der Waals surface area (Å²) < 4.78 is 30.1. The fraction of sp³-hybridized carbons (Fsp3) is 0.667. The lowest BCUT2D eigenvalue weighted by molar-refractivity contribution is -0.143. The van der Waals surface area contributed by atoms with Crippen molar-refractivity contribution in [2.45, 2.75) is 57.8 Å². The van der Waals surface area contributed by atoms with E-state index in [-0.39, 0.29) is 18.4 Å². The topological polar surface area (TPSA) is 37.3 Å². The van der Waals surface area contributed by atoms with Crippen LogP contribution in [0.25, 0.3) is 0 Å². The van der Waals surface area contributed by atoms with Crippen LogP contribution in [0.3, 0.4) is 0 Å². The Labute approximate surface area is 135 Å². The van der Waals surface area contributed by atoms with Crippen molar-refractivity contribution in [3.05, 3.63) is 20.3 Å². The molecule has 21 heavy (non-hydrogen) atoms. The first-order chi connectivity index (χ1) is 9.74. The molecule has 1 saturated carbocycles. The molecule has 6 heteroatoms. The van der Waals surface area contributed by atoms with Crippen molar-refractivity contribution in [1.29, 1.82) is 0 Å². The molecule has 1 heterocycles. The normalized spacial score (nSPS) is 18.7. The van der Waals surface area contributed by atoms with Crippen LogP contribution in [0.1, 0.15) is 55.4 Å². The predicted octanol–water partition coefficient (Wildman–Crippen LogP) is 5.73. The summed E-state index contributed by atoms with van der Waals surface area (Å²) in [6, 6.07) is 1.47. The van der Waals surface area contributed by atoms with Crippen molar-refractivity contribution in [1.82, 2.24) is 0 Å². The highest BCUT2D eigenvalue weighted by molar-refractivity contribution is 9.11. The SMILES string of the molecule is Cc1sc(Br)cc1C(F)(F)CC1(CC(=O)O)CCCCC1. The first-order valence-electron chi connectivity index (χ1n) is 7.10. The Balaban J connectivity index is 2.26. The summed E-state index contributed by atoms with van der Waals surface area (Å²) in [5.74, 6) is -3.95. The second-order valence-corrected chi connectivity index (χ2v) is 8.67. The fourth-order valence-electron chi connectivity index (χ4n) is 3.41. The lowest BCUT2D eigenvalue weighted by Crippen LogP contribution is -2.33. The molecule has 0 aromatic carbocycles. The van der Waals surface area contributed by atoms with Gasteiger partial charge < -0.3 is 5.11 Å². The van der Waals surface area contributed by atoms with Crippen LogP contribution >= 0.6 is 27.3 Å². The van der Waals surface area contributed by atoms with Crippen LogP contribution < -0.4 is 0 Å². The summed E-state index contributed by atoms with van der Waals surface area (Å²) in [6.07, 6.45) is 3.34. The van der Waals surface area contributed by atoms with Gasteiger partial charge in [-0.15, -0.1) is 11.3 Å². The highest BCUT2D eigenvalue weighted by atomic mass is 79.9. The monoisotopic (exact) mass is 380 g/mol. The third kappa shape index (κ3) is 4.03. The molecule has 1 fully saturated rings. The van der Waals surface area contributed by atoms with E-state index in [9.17, 15) is 13.6 Å². The maximum Gasteiger partial charge on any atom is 0.303 e. The van der Waals surface area contributed by atoms with E-state index in [0.29, 0.717) is 21.5 Å². The zero-order chi connectivity index (χ0) is 15.7. The molecule has 0 bridgehead atoms. The molecule has 0 amide bonds. The minimum absolute atomic E-state index is 0.0368. The molecular weight excluding hydrogens is 362 g/mol. The van der Waals surface area contributed by atoms with Crippen molar-refractivity contribution in [3.63, 3.8) is 0 Å². The van der Waals surface area contributed by atoms with Crippen LogP contribution in [0.15, 0.2) is 9.85 Å². The Morgan fingerprint density at radius 1 is 1.43 bits per heavy atom. The highest BCUT2D eigenvalue weighted by Crippen LogP contribution is 2.51. The number of carboxylic acids is 1. The molecule has 1 aliphatic carbocycles. The van der Waals surface area contributed by atoms with Crippen molar-refractivity contribution in [2.75, 3.05) is 0 Å². The number of hydrogen-bond acceptors (Lipinski definition) is 2. The first-order valence-corrected chi connectivity index (χ1v) is 8.71. The van der Waals surface area contributed by atoms with Crippen LogP contribution in [0, 0.1) is 12.3 Å². The van der Waals surface area contributed by atoms with Crippen LogP contribution in [0.5, 0.6) is 0 Å². The van der Waals surface area contributed by atoms with E-state index in [1.54, 1.807) is 6.92 Å². The van der Waals surface area contributed by atoms with Gasteiger partial charge in [0.1, 0.15) is 0 Å². The maximum absolute atomic E-state index is 14.7. The quantitative estimate of drug-likeness (QED) is 0.708. The third-order valence-electron chi connectivity index (χ3n) is 4.32. The second-order valence-electron chi connectivity index (χ2n) is 6.03. The molecule has 2 rings (SSSR count). The number of thiophene rings is 1. The summed E-state index contributed by atoms with van der Waals surface area (Å²) in [7, 11) is 0. The molecule has 0 radical (unpaired) electrons. The smallest absolute Gasteiger partial charge is 0.303 e. The Hall–Kier alpha value is -0.490. The minimum atomic E-state index is -2.97. The molecule has 1 aromatic heterocycles. The lowest BCUT2D eigenvalue weighted by Gasteiger charge is -2.38. The van der Waals surface area contributed by atoms with E-state index in [4.69, 9.17) is 5.11 Å². The number of alkyl halides is 2. The van der Waals surface area contributed by atoms with Gasteiger partial charge in [0.2, 0.25) is 0 Å². The van der Waals surface area contributed by atoms with E-state index in [2.05, 4.69) is 15.9 Å². The Kier molecular flexibility index (Phi) is 5.08. The van der Waals surface area contributed by atoms with Gasteiger partial charge in [-0.05, 0) is 47.2 Å². The van der Waals surface area contributed by atoms with Crippen molar-refractivity contribution < 1.29 is 18.7 Å². The summed E-state index contributed by atoms with van der Waals surface area (Å²) in [5.41, 5.74) is -0.733. The zero-order valence-electron chi connectivity index (χ0n) is 11.9. The van der Waals surface area contributed by atoms with Gasteiger partial charge in [-0.1, -0.05) is 19.3 Å². The molecule has 0 spiro atoms. The van der Waals surface area contributed by atoms with Gasteiger partial charge in [-0.25, -0.2) is 8.78 Å². The molecule has 2 nitrogen and oxygen atoms in total. The van der Waals surface area contributed by atoms with E-state index in [1.807, 2.05) is 0 Å². The first kappa shape index (κ1) is 16.9. The Morgan fingerprint density at radius 2 is 2.05 bits per heavy atom. The molecule has 0 aliphatic heterocycles. The predicted molar refractivity (Wildman–Crippen MR) is 83.0 cm³/mol. The van der Waals surface area contributed by atoms with Crippen molar-refractivity contribution in [3.8, 4) is 0 Å². The molecule has 118 valence electrons. The molecular formula is C15H19BrF2O2S. The number of carbonyl (C=O) groups is 1. The average molecular weight is 381 g/mol. The standard InChI is InChI=1S/C15H19BrF2O2S/c1-10-11(7-12(16)21-10)15(17,18)9-14(8-13(19)20)5-3-2-4-6-14/h7H,2-6,8-9H2,1H3,(H,19,20). The molecule has 1 aromatic rings. The minimum Gasteiger partial charge on any atom is -0.481 e. The van der Waals surface area contributed by atoms with Gasteiger partial charge in [-0.3, -0.25) is 4.79 Å². The van der Waals surface area contributed by atoms with E-state index >= 15 is 0 Å². The van der Waals surface area contributed by atoms with Gasteiger partial charge in [0.15, 0.2) is 0 Å². The third-order valence-corrected chi connectivity index (χ3v) is 5.87. The van der Waals surface area contributed by atoms with Gasteiger partial charge >= 0.3 is 5.97 Å². The molecule has 1 aliphatic rings. The number of aryl methyl sites for hydroxylation is 1. The Bertz CT molecular complexity index is 522. The largest absolute Gasteiger partial charge is 0.481 e. The average Bonchev–Trinajstić information content (AvgIpc) is 2.68. The van der Waals surface area contributed by atoms with Gasteiger partial charge in [0, 0.05) is 16.9 Å². The van der Waals surface area contributed by atoms with Crippen LogP contribution in [-0.4, -0.2) is 11.1 Å². The Morgan fingerprint density at radius 3 is 2.52 bits per heavy atom. The zero-order valence-corrected chi connectivity index (χ0v) is 14.3. The molecule has 0 atom stereocenters. The van der Waals surface area contributed by atoms with Gasteiger partial charge in [-0.2, -0.15) is 0 Å². The number of hydrogen-bond donors (Lipinski definition) is 1. The summed E-state index contributed by atoms with van der Waals surface area (Å²) in [6.45, 7) is 1.68. The van der Waals surface area contributed by atoms with E-state index < -0.39 is 17.3 Å². The summed E-state index contributed by atoms with van der Waals surface area (Å²) >= 11 is 4.54. The molecule has 0 unspecified atom stereocenters. The lowest BCUT2D eigenvalue weighted by atomic mass is 9.68. The van der Waals surface area contributed by atoms with Gasteiger partial charge in [0.05, 0.1) is 10.2 Å². The van der Waals surface area contributed by atoms with E-state index in [1.165, 1.54) is 17.4 Å². The second kappa shape index (κ2) is 6.32. The number of rotatable bonds is 5. The number of halogens is 3. The van der Waals surface area contributed by atoms with Crippen LogP contribution in [0.4, 0.5) is 8.78 Å². The van der Waals surface area contributed by atoms with Gasteiger partial charge in [0.25, 0.3) is 5.92 Å². The highest BCUT2D eigenvalue weighted by Gasteiger charge is 2.46. The summed E-state index contributed by atoms with van der Waals surface area (Å²) in [4.78, 5) is 11.7.